The van der Waals surface area contributed by atoms with Gasteiger partial charge in [-0.15, -0.1) is 0 Å². The van der Waals surface area contributed by atoms with E-state index in [2.05, 4.69) is 10.2 Å². The molecule has 1 fully saturated rings. The van der Waals surface area contributed by atoms with Crippen LogP contribution in [-0.4, -0.2) is 35.4 Å². The van der Waals surface area contributed by atoms with Gasteiger partial charge < -0.3 is 5.32 Å². The fourth-order valence-corrected chi connectivity index (χ4v) is 3.36. The van der Waals surface area contributed by atoms with Crippen LogP contribution >= 0.6 is 0 Å². The van der Waals surface area contributed by atoms with E-state index in [-0.39, 0.29) is 12.6 Å². The largest absolute Gasteiger partial charge is 0.350 e. The van der Waals surface area contributed by atoms with Crippen LogP contribution in [0.5, 0.6) is 0 Å². The van der Waals surface area contributed by atoms with Gasteiger partial charge in [-0.3, -0.25) is 19.8 Å². The van der Waals surface area contributed by atoms with E-state index in [0.717, 1.165) is 31.5 Å². The van der Waals surface area contributed by atoms with Gasteiger partial charge in [-0.05, 0) is 31.5 Å². The van der Waals surface area contributed by atoms with Crippen LogP contribution in [0, 0.1) is 27.6 Å². The molecule has 3 rings (SSSR count). The predicted octanol–water partition coefficient (Wildman–Crippen LogP) is 3.58. The second kappa shape index (κ2) is 8.39. The van der Waals surface area contributed by atoms with Gasteiger partial charge in [-0.2, -0.15) is 4.39 Å². The summed E-state index contributed by atoms with van der Waals surface area (Å²) in [4.78, 5) is 24.2. The number of carbonyl (C=O) groups is 1. The highest BCUT2D eigenvalue weighted by atomic mass is 19.2. The third-order valence-electron chi connectivity index (χ3n) is 4.79. The van der Waals surface area contributed by atoms with Gasteiger partial charge >= 0.3 is 5.69 Å². The molecule has 0 radical (unpaired) electrons. The lowest BCUT2D eigenvalue weighted by Crippen LogP contribution is -2.37. The molecule has 1 unspecified atom stereocenters. The molecule has 2 aromatic rings. The first-order valence-corrected chi connectivity index (χ1v) is 8.79. The Morgan fingerprint density at radius 3 is 2.36 bits per heavy atom. The summed E-state index contributed by atoms with van der Waals surface area (Å²) >= 11 is 0. The van der Waals surface area contributed by atoms with Crippen LogP contribution < -0.4 is 5.32 Å². The number of rotatable bonds is 6. The summed E-state index contributed by atoms with van der Waals surface area (Å²) in [6.45, 7) is 1.76. The monoisotopic (exact) mass is 393 g/mol. The molecule has 0 aliphatic carbocycles. The Hall–Kier alpha value is -2.94. The van der Waals surface area contributed by atoms with Gasteiger partial charge in [0.2, 0.25) is 11.6 Å². The lowest BCUT2D eigenvalue weighted by Gasteiger charge is -2.28. The predicted molar refractivity (Wildman–Crippen MR) is 95.3 cm³/mol. The van der Waals surface area contributed by atoms with E-state index >= 15 is 0 Å². The average Bonchev–Trinajstić information content (AvgIpc) is 3.21. The van der Waals surface area contributed by atoms with Crippen molar-refractivity contribution in [2.45, 2.75) is 18.9 Å². The molecule has 148 valence electrons. The van der Waals surface area contributed by atoms with E-state index in [0.29, 0.717) is 6.07 Å². The van der Waals surface area contributed by atoms with Gasteiger partial charge in [0, 0.05) is 12.6 Å². The average molecular weight is 393 g/mol. The molecule has 1 heterocycles. The summed E-state index contributed by atoms with van der Waals surface area (Å²) in [5, 5.41) is 13.3. The summed E-state index contributed by atoms with van der Waals surface area (Å²) in [5.41, 5.74) is -1.25. The molecule has 0 spiro atoms. The fourth-order valence-electron chi connectivity index (χ4n) is 3.36. The Labute approximate surface area is 159 Å². The lowest BCUT2D eigenvalue weighted by molar-refractivity contribution is -0.387. The number of nitro groups is 1. The maximum atomic E-state index is 14.0. The number of nitrogens with one attached hydrogen (secondary N) is 1. The second-order valence-electron chi connectivity index (χ2n) is 6.52. The van der Waals surface area contributed by atoms with Crippen molar-refractivity contribution in [2.75, 3.05) is 19.6 Å². The summed E-state index contributed by atoms with van der Waals surface area (Å²) in [7, 11) is 0. The molecule has 6 nitrogen and oxygen atoms in total. The van der Waals surface area contributed by atoms with Crippen molar-refractivity contribution in [3.05, 3.63) is 75.1 Å². The Bertz CT molecular complexity index is 887. The minimum absolute atomic E-state index is 0.0923. The first kappa shape index (κ1) is 19.8. The maximum absolute atomic E-state index is 14.0. The van der Waals surface area contributed by atoms with E-state index in [1.165, 1.54) is 0 Å². The molecule has 1 aliphatic rings. The van der Waals surface area contributed by atoms with Gasteiger partial charge in [0.25, 0.3) is 5.91 Å². The van der Waals surface area contributed by atoms with Crippen molar-refractivity contribution >= 4 is 11.6 Å². The van der Waals surface area contributed by atoms with Crippen LogP contribution in [0.3, 0.4) is 0 Å². The van der Waals surface area contributed by atoms with Crippen molar-refractivity contribution < 1.29 is 22.9 Å². The first-order chi connectivity index (χ1) is 13.4. The highest BCUT2D eigenvalue weighted by Crippen LogP contribution is 2.27. The number of likely N-dealkylation sites (tertiary alicyclic amines) is 1. The smallest absolute Gasteiger partial charge is 0.308 e. The Balaban J connectivity index is 1.83. The van der Waals surface area contributed by atoms with Gasteiger partial charge in [-0.1, -0.05) is 30.3 Å². The molecule has 28 heavy (non-hydrogen) atoms. The van der Waals surface area contributed by atoms with E-state index in [9.17, 15) is 28.1 Å². The lowest BCUT2D eigenvalue weighted by atomic mass is 10.1. The van der Waals surface area contributed by atoms with Gasteiger partial charge in [-0.25, -0.2) is 8.78 Å². The SMILES string of the molecule is O=C(NCC(c1ccccc1)N1CCCC1)c1cc([N+](=O)[O-])c(F)c(F)c1F. The Morgan fingerprint density at radius 1 is 1.11 bits per heavy atom. The molecule has 1 N–H and O–H groups in total. The van der Waals surface area contributed by atoms with Gasteiger partial charge in [0.15, 0.2) is 5.82 Å². The molecule has 1 atom stereocenters. The molecule has 1 amide bonds. The normalized spacial score (nSPS) is 15.4. The highest BCUT2D eigenvalue weighted by molar-refractivity contribution is 5.95. The van der Waals surface area contributed by atoms with Crippen LogP contribution in [0.15, 0.2) is 36.4 Å². The summed E-state index contributed by atoms with van der Waals surface area (Å²) in [6.07, 6.45) is 2.03. The Kier molecular flexibility index (Phi) is 5.93. The van der Waals surface area contributed by atoms with Crippen molar-refractivity contribution in [3.8, 4) is 0 Å². The van der Waals surface area contributed by atoms with Crippen LogP contribution in [0.2, 0.25) is 0 Å². The van der Waals surface area contributed by atoms with Crippen LogP contribution in [0.25, 0.3) is 0 Å². The zero-order valence-electron chi connectivity index (χ0n) is 14.8. The molecular weight excluding hydrogens is 375 g/mol. The number of amides is 1. The summed E-state index contributed by atoms with van der Waals surface area (Å²) in [5.74, 6) is -6.77. The van der Waals surface area contributed by atoms with E-state index in [1.54, 1.807) is 0 Å². The second-order valence-corrected chi connectivity index (χ2v) is 6.52. The fraction of sp³-hybridized carbons (Fsp3) is 0.316. The van der Waals surface area contributed by atoms with Crippen molar-refractivity contribution in [1.29, 1.82) is 0 Å². The van der Waals surface area contributed by atoms with Crippen LogP contribution in [0.4, 0.5) is 18.9 Å². The molecule has 9 heteroatoms. The molecule has 0 saturated carbocycles. The zero-order valence-corrected chi connectivity index (χ0v) is 14.8. The standard InChI is InChI=1S/C19H18F3N3O3/c20-16-13(10-14(25(27)28)17(21)18(16)22)19(26)23-11-15(24-8-4-5-9-24)12-6-2-1-3-7-12/h1-3,6-7,10,15H,4-5,8-9,11H2,(H,23,26). The number of carbonyl (C=O) groups excluding carboxylic acids is 1. The Morgan fingerprint density at radius 2 is 1.75 bits per heavy atom. The first-order valence-electron chi connectivity index (χ1n) is 8.79. The van der Waals surface area contributed by atoms with E-state index in [1.807, 2.05) is 30.3 Å². The third-order valence-corrected chi connectivity index (χ3v) is 4.79. The summed E-state index contributed by atoms with van der Waals surface area (Å²) in [6, 6.07) is 9.61. The molecule has 1 saturated heterocycles. The van der Waals surface area contributed by atoms with Crippen LogP contribution in [0.1, 0.15) is 34.8 Å². The van der Waals surface area contributed by atoms with E-state index < -0.39 is 39.5 Å². The summed E-state index contributed by atoms with van der Waals surface area (Å²) < 4.78 is 41.1. The maximum Gasteiger partial charge on any atom is 0.308 e. The number of benzene rings is 2. The zero-order chi connectivity index (χ0) is 20.3. The minimum atomic E-state index is -2.04. The molecule has 0 aromatic heterocycles. The number of hydrogen-bond acceptors (Lipinski definition) is 4. The number of nitrogens with zero attached hydrogens (tertiary/aromatic N) is 2. The molecule has 1 aliphatic heterocycles. The quantitative estimate of drug-likeness (QED) is 0.462. The molecule has 0 bridgehead atoms. The van der Waals surface area contributed by atoms with Gasteiger partial charge in [0.05, 0.1) is 16.5 Å². The molecule has 2 aromatic carbocycles. The molecular formula is C19H18F3N3O3. The van der Waals surface area contributed by atoms with Crippen molar-refractivity contribution in [3.63, 3.8) is 0 Å². The van der Waals surface area contributed by atoms with Crippen LogP contribution in [-0.2, 0) is 0 Å². The third kappa shape index (κ3) is 3.99. The van der Waals surface area contributed by atoms with Gasteiger partial charge in [0.1, 0.15) is 0 Å². The van der Waals surface area contributed by atoms with Crippen molar-refractivity contribution in [1.82, 2.24) is 10.2 Å². The van der Waals surface area contributed by atoms with Crippen molar-refractivity contribution in [2.24, 2.45) is 0 Å². The topological polar surface area (TPSA) is 75.5 Å². The highest BCUT2D eigenvalue weighted by Gasteiger charge is 2.29. The minimum Gasteiger partial charge on any atom is -0.350 e. The van der Waals surface area contributed by atoms with E-state index in [4.69, 9.17) is 0 Å². The number of halogens is 3. The number of hydrogen-bond donors (Lipinski definition) is 1. The number of nitro benzene ring substituents is 1.